The number of aliphatic hydroxyl groups is 2. The van der Waals surface area contributed by atoms with Gasteiger partial charge in [-0.05, 0) is 18.4 Å². The van der Waals surface area contributed by atoms with Gasteiger partial charge in [-0.1, -0.05) is 20.4 Å². The Bertz CT molecular complexity index is 172. The van der Waals surface area contributed by atoms with E-state index < -0.39 is 17.6 Å². The Kier molecular flexibility index (Phi) is 2.08. The lowest BCUT2D eigenvalue weighted by Gasteiger charge is -2.40. The van der Waals surface area contributed by atoms with Crippen LogP contribution in [0.4, 0.5) is 0 Å². The average Bonchev–Trinajstić information content (AvgIpc) is 1.95. The van der Waals surface area contributed by atoms with Crippen molar-refractivity contribution in [3.8, 4) is 0 Å². The minimum Gasteiger partial charge on any atom is -0.392 e. The van der Waals surface area contributed by atoms with Crippen molar-refractivity contribution in [3.05, 3.63) is 12.2 Å². The third-order valence-electron chi connectivity index (χ3n) is 2.69. The van der Waals surface area contributed by atoms with Crippen LogP contribution in [0.15, 0.2) is 12.2 Å². The highest BCUT2D eigenvalue weighted by Crippen LogP contribution is 2.37. The van der Waals surface area contributed by atoms with E-state index in [2.05, 4.69) is 6.58 Å². The van der Waals surface area contributed by atoms with E-state index in [-0.39, 0.29) is 0 Å². The predicted octanol–water partition coefficient (Wildman–Crippen LogP) is 1.08. The zero-order chi connectivity index (χ0) is 8.65. The molecular formula is C9H16O2. The highest BCUT2D eigenvalue weighted by Gasteiger charge is 2.40. The summed E-state index contributed by atoms with van der Waals surface area (Å²) in [5, 5.41) is 19.1. The zero-order valence-corrected chi connectivity index (χ0v) is 7.17. The first-order chi connectivity index (χ1) is 4.96. The van der Waals surface area contributed by atoms with Crippen LogP contribution in [0.25, 0.3) is 0 Å². The Labute approximate surface area is 67.6 Å². The summed E-state index contributed by atoms with van der Waals surface area (Å²) in [7, 11) is 0. The monoisotopic (exact) mass is 156 g/mol. The summed E-state index contributed by atoms with van der Waals surface area (Å²) in [6, 6.07) is 0. The van der Waals surface area contributed by atoms with Crippen molar-refractivity contribution >= 4 is 0 Å². The standard InChI is InChI=1S/C9H16O2/c1-6-4-5-7(10)9(2,3)8(6)11/h7-8,10-11H,1,4-5H2,2-3H3. The van der Waals surface area contributed by atoms with Crippen molar-refractivity contribution in [1.29, 1.82) is 0 Å². The highest BCUT2D eigenvalue weighted by molar-refractivity contribution is 5.12. The molecule has 11 heavy (non-hydrogen) atoms. The Balaban J connectivity index is 2.80. The van der Waals surface area contributed by atoms with E-state index in [9.17, 15) is 10.2 Å². The Morgan fingerprint density at radius 3 is 2.45 bits per heavy atom. The zero-order valence-electron chi connectivity index (χ0n) is 7.17. The molecule has 64 valence electrons. The van der Waals surface area contributed by atoms with Gasteiger partial charge in [0.2, 0.25) is 0 Å². The van der Waals surface area contributed by atoms with Gasteiger partial charge in [0.1, 0.15) is 0 Å². The number of hydrogen-bond acceptors (Lipinski definition) is 2. The molecular weight excluding hydrogens is 140 g/mol. The van der Waals surface area contributed by atoms with Gasteiger partial charge in [0, 0.05) is 5.41 Å². The SMILES string of the molecule is C=C1CCC(O)C(C)(C)C1O. The smallest absolute Gasteiger partial charge is 0.0823 e. The summed E-state index contributed by atoms with van der Waals surface area (Å²) < 4.78 is 0. The van der Waals surface area contributed by atoms with Gasteiger partial charge in [-0.15, -0.1) is 0 Å². The minimum atomic E-state index is -0.550. The fraction of sp³-hybridized carbons (Fsp3) is 0.778. The largest absolute Gasteiger partial charge is 0.392 e. The van der Waals surface area contributed by atoms with Gasteiger partial charge in [0.15, 0.2) is 0 Å². The first kappa shape index (κ1) is 8.75. The summed E-state index contributed by atoms with van der Waals surface area (Å²) in [6.07, 6.45) is 0.517. The summed E-state index contributed by atoms with van der Waals surface area (Å²) >= 11 is 0. The molecule has 0 aliphatic heterocycles. The molecule has 0 radical (unpaired) electrons. The molecule has 2 nitrogen and oxygen atoms in total. The number of rotatable bonds is 0. The van der Waals surface area contributed by atoms with Crippen molar-refractivity contribution in [2.45, 2.75) is 38.9 Å². The van der Waals surface area contributed by atoms with Gasteiger partial charge in [-0.25, -0.2) is 0 Å². The van der Waals surface area contributed by atoms with Crippen LogP contribution >= 0.6 is 0 Å². The van der Waals surface area contributed by atoms with Crippen LogP contribution in [0, 0.1) is 5.41 Å². The van der Waals surface area contributed by atoms with Gasteiger partial charge in [-0.2, -0.15) is 0 Å². The quantitative estimate of drug-likeness (QED) is 0.515. The summed E-state index contributed by atoms with van der Waals surface area (Å²) in [4.78, 5) is 0. The fourth-order valence-electron chi connectivity index (χ4n) is 1.54. The van der Waals surface area contributed by atoms with E-state index >= 15 is 0 Å². The summed E-state index contributed by atoms with van der Waals surface area (Å²) in [6.45, 7) is 7.50. The van der Waals surface area contributed by atoms with Gasteiger partial charge in [0.25, 0.3) is 0 Å². The molecule has 0 aromatic heterocycles. The van der Waals surface area contributed by atoms with Crippen LogP contribution in [-0.2, 0) is 0 Å². The maximum absolute atomic E-state index is 9.62. The second-order valence-corrected chi connectivity index (χ2v) is 3.94. The van der Waals surface area contributed by atoms with Crippen LogP contribution < -0.4 is 0 Å². The molecule has 0 bridgehead atoms. The van der Waals surface area contributed by atoms with E-state index in [1.54, 1.807) is 0 Å². The minimum absolute atomic E-state index is 0.400. The lowest BCUT2D eigenvalue weighted by Crippen LogP contribution is -2.44. The van der Waals surface area contributed by atoms with E-state index in [1.165, 1.54) is 0 Å². The van der Waals surface area contributed by atoms with Crippen LogP contribution in [0.1, 0.15) is 26.7 Å². The van der Waals surface area contributed by atoms with Gasteiger partial charge < -0.3 is 10.2 Å². The summed E-state index contributed by atoms with van der Waals surface area (Å²) in [5.41, 5.74) is 0.426. The fourth-order valence-corrected chi connectivity index (χ4v) is 1.54. The average molecular weight is 156 g/mol. The highest BCUT2D eigenvalue weighted by atomic mass is 16.3. The molecule has 1 aliphatic carbocycles. The van der Waals surface area contributed by atoms with Crippen LogP contribution in [0.2, 0.25) is 0 Å². The molecule has 1 fully saturated rings. The molecule has 1 rings (SSSR count). The van der Waals surface area contributed by atoms with Crippen molar-refractivity contribution in [2.75, 3.05) is 0 Å². The second kappa shape index (κ2) is 2.61. The molecule has 0 saturated heterocycles. The Hall–Kier alpha value is -0.340. The van der Waals surface area contributed by atoms with E-state index in [0.29, 0.717) is 0 Å². The van der Waals surface area contributed by atoms with Crippen molar-refractivity contribution in [3.63, 3.8) is 0 Å². The lowest BCUT2D eigenvalue weighted by molar-refractivity contribution is -0.0519. The molecule has 1 saturated carbocycles. The molecule has 0 aromatic rings. The van der Waals surface area contributed by atoms with Crippen molar-refractivity contribution in [1.82, 2.24) is 0 Å². The molecule has 2 atom stereocenters. The van der Waals surface area contributed by atoms with Crippen molar-refractivity contribution in [2.24, 2.45) is 5.41 Å². The Morgan fingerprint density at radius 1 is 1.45 bits per heavy atom. The molecule has 2 unspecified atom stereocenters. The first-order valence-electron chi connectivity index (χ1n) is 4.00. The summed E-state index contributed by atoms with van der Waals surface area (Å²) in [5.74, 6) is 0. The molecule has 0 aromatic carbocycles. The second-order valence-electron chi connectivity index (χ2n) is 3.94. The van der Waals surface area contributed by atoms with Crippen LogP contribution in [-0.4, -0.2) is 22.4 Å². The van der Waals surface area contributed by atoms with Crippen molar-refractivity contribution < 1.29 is 10.2 Å². The van der Waals surface area contributed by atoms with Crippen LogP contribution in [0.3, 0.4) is 0 Å². The Morgan fingerprint density at radius 2 is 2.00 bits per heavy atom. The normalized spacial score (nSPS) is 37.3. The maximum atomic E-state index is 9.62. The maximum Gasteiger partial charge on any atom is 0.0823 e. The topological polar surface area (TPSA) is 40.5 Å². The van der Waals surface area contributed by atoms with Gasteiger partial charge in [0.05, 0.1) is 12.2 Å². The molecule has 0 amide bonds. The van der Waals surface area contributed by atoms with E-state index in [4.69, 9.17) is 0 Å². The number of hydrogen-bond donors (Lipinski definition) is 2. The molecule has 2 heteroatoms. The van der Waals surface area contributed by atoms with Crippen LogP contribution in [0.5, 0.6) is 0 Å². The van der Waals surface area contributed by atoms with Gasteiger partial charge in [-0.3, -0.25) is 0 Å². The molecule has 1 aliphatic rings. The molecule has 2 N–H and O–H groups in total. The van der Waals surface area contributed by atoms with Gasteiger partial charge >= 0.3 is 0 Å². The number of aliphatic hydroxyl groups excluding tert-OH is 2. The molecule has 0 spiro atoms. The molecule has 0 heterocycles. The van der Waals surface area contributed by atoms with E-state index in [1.807, 2.05) is 13.8 Å². The lowest BCUT2D eigenvalue weighted by atomic mass is 9.71. The third-order valence-corrected chi connectivity index (χ3v) is 2.69. The third kappa shape index (κ3) is 1.33. The first-order valence-corrected chi connectivity index (χ1v) is 4.00. The predicted molar refractivity (Wildman–Crippen MR) is 44.2 cm³/mol. The van der Waals surface area contributed by atoms with E-state index in [0.717, 1.165) is 18.4 Å².